The standard InChI is InChI=1S/C17H26N2/c1-4-18-16-14-9-6-5-8-13(14)12-15(16)19-11-7-10-17(19,2)3/h5-6,8-9,15-16,18H,4,7,10-12H2,1-3H3. The van der Waals surface area contributed by atoms with E-state index in [9.17, 15) is 0 Å². The summed E-state index contributed by atoms with van der Waals surface area (Å²) in [5, 5.41) is 3.72. The largest absolute Gasteiger partial charge is 0.309 e. The molecule has 19 heavy (non-hydrogen) atoms. The number of benzene rings is 1. The van der Waals surface area contributed by atoms with E-state index in [1.807, 2.05) is 0 Å². The Balaban J connectivity index is 1.91. The number of fused-ring (bicyclic) bond motifs is 1. The van der Waals surface area contributed by atoms with Gasteiger partial charge in [0, 0.05) is 17.6 Å². The van der Waals surface area contributed by atoms with Crippen molar-refractivity contribution >= 4 is 0 Å². The van der Waals surface area contributed by atoms with Gasteiger partial charge >= 0.3 is 0 Å². The molecule has 0 amide bonds. The van der Waals surface area contributed by atoms with Gasteiger partial charge in [-0.2, -0.15) is 0 Å². The highest BCUT2D eigenvalue weighted by Crippen LogP contribution is 2.40. The lowest BCUT2D eigenvalue weighted by Gasteiger charge is -2.39. The first kappa shape index (κ1) is 13.1. The molecule has 1 aromatic carbocycles. The lowest BCUT2D eigenvalue weighted by atomic mass is 9.98. The van der Waals surface area contributed by atoms with Crippen LogP contribution in [0.25, 0.3) is 0 Å². The van der Waals surface area contributed by atoms with Crippen molar-refractivity contribution < 1.29 is 0 Å². The molecule has 104 valence electrons. The molecule has 0 spiro atoms. The van der Waals surface area contributed by atoms with E-state index in [1.165, 1.54) is 31.4 Å². The summed E-state index contributed by atoms with van der Waals surface area (Å²) in [6.45, 7) is 9.34. The Kier molecular flexibility index (Phi) is 3.40. The van der Waals surface area contributed by atoms with Crippen molar-refractivity contribution in [2.45, 2.75) is 57.7 Å². The van der Waals surface area contributed by atoms with Crippen LogP contribution in [-0.2, 0) is 6.42 Å². The Morgan fingerprint density at radius 2 is 2.11 bits per heavy atom. The van der Waals surface area contributed by atoms with Gasteiger partial charge < -0.3 is 5.32 Å². The van der Waals surface area contributed by atoms with Crippen LogP contribution in [0.3, 0.4) is 0 Å². The van der Waals surface area contributed by atoms with Gasteiger partial charge in [-0.25, -0.2) is 0 Å². The van der Waals surface area contributed by atoms with Crippen molar-refractivity contribution in [3.8, 4) is 0 Å². The first-order chi connectivity index (χ1) is 9.13. The maximum absolute atomic E-state index is 3.72. The van der Waals surface area contributed by atoms with E-state index in [0.29, 0.717) is 17.6 Å². The second-order valence-corrected chi connectivity index (χ2v) is 6.62. The Hall–Kier alpha value is -0.860. The summed E-state index contributed by atoms with van der Waals surface area (Å²) >= 11 is 0. The highest BCUT2D eigenvalue weighted by molar-refractivity contribution is 5.37. The van der Waals surface area contributed by atoms with Gasteiger partial charge in [-0.3, -0.25) is 4.90 Å². The lowest BCUT2D eigenvalue weighted by molar-refractivity contribution is 0.0964. The van der Waals surface area contributed by atoms with Gasteiger partial charge in [-0.05, 0) is 57.3 Å². The van der Waals surface area contributed by atoms with Crippen LogP contribution in [0.5, 0.6) is 0 Å². The zero-order chi connectivity index (χ0) is 13.5. The molecule has 2 heteroatoms. The minimum absolute atomic E-state index is 0.361. The predicted octanol–water partition coefficient (Wildman–Crippen LogP) is 3.14. The summed E-state index contributed by atoms with van der Waals surface area (Å²) in [5.74, 6) is 0. The quantitative estimate of drug-likeness (QED) is 0.896. The monoisotopic (exact) mass is 258 g/mol. The molecule has 1 saturated heterocycles. The van der Waals surface area contributed by atoms with Crippen molar-refractivity contribution in [1.82, 2.24) is 10.2 Å². The van der Waals surface area contributed by atoms with Gasteiger partial charge in [0.25, 0.3) is 0 Å². The number of likely N-dealkylation sites (tertiary alicyclic amines) is 1. The first-order valence-electron chi connectivity index (χ1n) is 7.71. The van der Waals surface area contributed by atoms with Gasteiger partial charge in [0.1, 0.15) is 0 Å². The van der Waals surface area contributed by atoms with Crippen molar-refractivity contribution in [3.63, 3.8) is 0 Å². The van der Waals surface area contributed by atoms with E-state index in [-0.39, 0.29) is 0 Å². The van der Waals surface area contributed by atoms with Crippen LogP contribution >= 0.6 is 0 Å². The molecule has 1 aliphatic carbocycles. The number of hydrogen-bond acceptors (Lipinski definition) is 2. The highest BCUT2D eigenvalue weighted by Gasteiger charge is 2.43. The van der Waals surface area contributed by atoms with E-state index in [2.05, 4.69) is 55.3 Å². The summed E-state index contributed by atoms with van der Waals surface area (Å²) in [7, 11) is 0. The summed E-state index contributed by atoms with van der Waals surface area (Å²) in [6.07, 6.45) is 3.88. The summed E-state index contributed by atoms with van der Waals surface area (Å²) in [5.41, 5.74) is 3.43. The Labute approximate surface area is 117 Å². The maximum atomic E-state index is 3.72. The summed E-state index contributed by atoms with van der Waals surface area (Å²) in [4.78, 5) is 2.75. The molecule has 0 saturated carbocycles. The molecule has 1 heterocycles. The molecular weight excluding hydrogens is 232 g/mol. The van der Waals surface area contributed by atoms with E-state index in [0.717, 1.165) is 6.54 Å². The number of nitrogens with one attached hydrogen (secondary N) is 1. The van der Waals surface area contributed by atoms with Crippen molar-refractivity contribution in [2.24, 2.45) is 0 Å². The number of nitrogens with zero attached hydrogens (tertiary/aromatic N) is 1. The van der Waals surface area contributed by atoms with E-state index < -0.39 is 0 Å². The van der Waals surface area contributed by atoms with Gasteiger partial charge in [0.15, 0.2) is 0 Å². The minimum atomic E-state index is 0.361. The fourth-order valence-corrected chi connectivity index (χ4v) is 4.07. The maximum Gasteiger partial charge on any atom is 0.0484 e. The fourth-order valence-electron chi connectivity index (χ4n) is 4.07. The van der Waals surface area contributed by atoms with Crippen LogP contribution in [0.4, 0.5) is 0 Å². The van der Waals surface area contributed by atoms with Gasteiger partial charge in [-0.1, -0.05) is 31.2 Å². The molecule has 1 N–H and O–H groups in total. The molecular formula is C17H26N2. The Bertz CT molecular complexity index is 452. The van der Waals surface area contributed by atoms with Crippen molar-refractivity contribution in [3.05, 3.63) is 35.4 Å². The van der Waals surface area contributed by atoms with Gasteiger partial charge in [0.2, 0.25) is 0 Å². The van der Waals surface area contributed by atoms with E-state index in [1.54, 1.807) is 5.56 Å². The molecule has 0 radical (unpaired) electrons. The third-order valence-electron chi connectivity index (χ3n) is 4.99. The molecule has 1 fully saturated rings. The first-order valence-corrected chi connectivity index (χ1v) is 7.71. The topological polar surface area (TPSA) is 15.3 Å². The molecule has 2 aliphatic rings. The molecule has 2 atom stereocenters. The molecule has 2 unspecified atom stereocenters. The Morgan fingerprint density at radius 3 is 2.79 bits per heavy atom. The second-order valence-electron chi connectivity index (χ2n) is 6.62. The summed E-state index contributed by atoms with van der Waals surface area (Å²) < 4.78 is 0. The van der Waals surface area contributed by atoms with Crippen LogP contribution in [0, 0.1) is 0 Å². The number of likely N-dealkylation sites (N-methyl/N-ethyl adjacent to an activating group) is 1. The molecule has 3 rings (SSSR count). The van der Waals surface area contributed by atoms with E-state index >= 15 is 0 Å². The summed E-state index contributed by atoms with van der Waals surface area (Å²) in [6, 6.07) is 10.1. The fraction of sp³-hybridized carbons (Fsp3) is 0.647. The van der Waals surface area contributed by atoms with Crippen LogP contribution in [0.2, 0.25) is 0 Å². The average Bonchev–Trinajstić information content (AvgIpc) is 2.90. The zero-order valence-corrected chi connectivity index (χ0v) is 12.4. The minimum Gasteiger partial charge on any atom is -0.309 e. The van der Waals surface area contributed by atoms with Crippen LogP contribution < -0.4 is 5.32 Å². The van der Waals surface area contributed by atoms with Gasteiger partial charge in [-0.15, -0.1) is 0 Å². The third kappa shape index (κ3) is 2.21. The number of rotatable bonds is 3. The molecule has 1 aromatic rings. The van der Waals surface area contributed by atoms with Crippen LogP contribution in [0.1, 0.15) is 50.8 Å². The highest BCUT2D eigenvalue weighted by atomic mass is 15.3. The van der Waals surface area contributed by atoms with Crippen molar-refractivity contribution in [1.29, 1.82) is 0 Å². The molecule has 2 nitrogen and oxygen atoms in total. The third-order valence-corrected chi connectivity index (χ3v) is 4.99. The van der Waals surface area contributed by atoms with Crippen LogP contribution in [0.15, 0.2) is 24.3 Å². The molecule has 1 aliphatic heterocycles. The normalized spacial score (nSPS) is 29.6. The number of hydrogen-bond donors (Lipinski definition) is 1. The second kappa shape index (κ2) is 4.92. The van der Waals surface area contributed by atoms with Gasteiger partial charge in [0.05, 0.1) is 0 Å². The lowest BCUT2D eigenvalue weighted by Crippen LogP contribution is -2.49. The SMILES string of the molecule is CCNC1c2ccccc2CC1N1CCCC1(C)C. The Morgan fingerprint density at radius 1 is 1.32 bits per heavy atom. The molecule has 0 bridgehead atoms. The molecule has 0 aromatic heterocycles. The smallest absolute Gasteiger partial charge is 0.0484 e. The average molecular weight is 258 g/mol. The zero-order valence-electron chi connectivity index (χ0n) is 12.4. The van der Waals surface area contributed by atoms with E-state index in [4.69, 9.17) is 0 Å². The van der Waals surface area contributed by atoms with Crippen LogP contribution in [-0.4, -0.2) is 29.6 Å². The van der Waals surface area contributed by atoms with Crippen molar-refractivity contribution in [2.75, 3.05) is 13.1 Å². The predicted molar refractivity (Wildman–Crippen MR) is 80.4 cm³/mol.